The van der Waals surface area contributed by atoms with Crippen LogP contribution in [0.2, 0.25) is 0 Å². The van der Waals surface area contributed by atoms with Crippen LogP contribution in [0.4, 0.5) is 0 Å². The quantitative estimate of drug-likeness (QED) is 0.638. The first-order valence-electron chi connectivity index (χ1n) is 2.47. The van der Waals surface area contributed by atoms with Crippen molar-refractivity contribution in [2.75, 3.05) is 0 Å². The Morgan fingerprint density at radius 1 is 1.60 bits per heavy atom. The minimum Gasteiger partial charge on any atom is -0.343 e. The van der Waals surface area contributed by atoms with Crippen LogP contribution in [0.3, 0.4) is 0 Å². The van der Waals surface area contributed by atoms with Gasteiger partial charge in [-0.05, 0) is 13.0 Å². The maximum atomic E-state index is 3.96. The molecular weight excluding hydrogens is 124 g/mol. The third-order valence-electron chi connectivity index (χ3n) is 0.942. The standard InChI is InChI=1S/C6H8N2.2CH4/c1-3-6-4-7-5(2)8-6;;/h3-4H,1H2,2H3,(H,7,8);2*1H4. The molecular formula is C8H16N2. The van der Waals surface area contributed by atoms with Gasteiger partial charge in [0.15, 0.2) is 0 Å². The number of imidazole rings is 1. The summed E-state index contributed by atoms with van der Waals surface area (Å²) in [6, 6.07) is 0. The summed E-state index contributed by atoms with van der Waals surface area (Å²) in [4.78, 5) is 6.96. The van der Waals surface area contributed by atoms with Gasteiger partial charge in [-0.1, -0.05) is 21.4 Å². The highest BCUT2D eigenvalue weighted by atomic mass is 14.9. The van der Waals surface area contributed by atoms with E-state index in [-0.39, 0.29) is 14.9 Å². The molecule has 0 unspecified atom stereocenters. The van der Waals surface area contributed by atoms with E-state index in [1.54, 1.807) is 12.3 Å². The van der Waals surface area contributed by atoms with Gasteiger partial charge in [-0.25, -0.2) is 4.98 Å². The third kappa shape index (κ3) is 2.49. The smallest absolute Gasteiger partial charge is 0.103 e. The molecule has 0 atom stereocenters. The monoisotopic (exact) mass is 140 g/mol. The van der Waals surface area contributed by atoms with Crippen molar-refractivity contribution in [3.63, 3.8) is 0 Å². The molecule has 2 nitrogen and oxygen atoms in total. The van der Waals surface area contributed by atoms with E-state index in [4.69, 9.17) is 0 Å². The lowest BCUT2D eigenvalue weighted by molar-refractivity contribution is 1.15. The maximum absolute atomic E-state index is 3.96. The second-order valence-corrected chi connectivity index (χ2v) is 1.63. The highest BCUT2D eigenvalue weighted by Gasteiger charge is 1.86. The first kappa shape index (κ1) is 11.7. The Hall–Kier alpha value is -1.05. The molecule has 1 heterocycles. The minimum atomic E-state index is 0. The lowest BCUT2D eigenvalue weighted by Crippen LogP contribution is -1.70. The lowest BCUT2D eigenvalue weighted by atomic mass is 10.5. The number of hydrogen-bond acceptors (Lipinski definition) is 1. The molecule has 0 spiro atoms. The summed E-state index contributed by atoms with van der Waals surface area (Å²) < 4.78 is 0. The fourth-order valence-corrected chi connectivity index (χ4v) is 0.544. The molecule has 0 aliphatic rings. The summed E-state index contributed by atoms with van der Waals surface area (Å²) >= 11 is 0. The predicted molar refractivity (Wildman–Crippen MR) is 46.9 cm³/mol. The summed E-state index contributed by atoms with van der Waals surface area (Å²) in [5.41, 5.74) is 0.975. The van der Waals surface area contributed by atoms with Crippen LogP contribution in [0.25, 0.3) is 6.08 Å². The highest BCUT2D eigenvalue weighted by molar-refractivity contribution is 5.39. The van der Waals surface area contributed by atoms with Gasteiger partial charge in [0.1, 0.15) is 5.82 Å². The van der Waals surface area contributed by atoms with Crippen LogP contribution < -0.4 is 0 Å². The second kappa shape index (κ2) is 4.79. The van der Waals surface area contributed by atoms with Gasteiger partial charge in [-0.2, -0.15) is 0 Å². The van der Waals surface area contributed by atoms with Gasteiger partial charge < -0.3 is 4.98 Å². The Morgan fingerprint density at radius 3 is 2.40 bits per heavy atom. The van der Waals surface area contributed by atoms with Crippen LogP contribution in [-0.4, -0.2) is 9.97 Å². The van der Waals surface area contributed by atoms with E-state index >= 15 is 0 Å². The number of H-pyrrole nitrogens is 1. The largest absolute Gasteiger partial charge is 0.343 e. The second-order valence-electron chi connectivity index (χ2n) is 1.63. The summed E-state index contributed by atoms with van der Waals surface area (Å²) in [6.07, 6.45) is 3.49. The molecule has 0 saturated carbocycles. The van der Waals surface area contributed by atoms with Crippen LogP contribution in [0.5, 0.6) is 0 Å². The van der Waals surface area contributed by atoms with Crippen molar-refractivity contribution >= 4 is 6.08 Å². The van der Waals surface area contributed by atoms with Crippen LogP contribution in [0.15, 0.2) is 12.8 Å². The van der Waals surface area contributed by atoms with Gasteiger partial charge >= 0.3 is 0 Å². The number of hydrogen-bond donors (Lipinski definition) is 1. The molecule has 58 valence electrons. The molecule has 0 aliphatic carbocycles. The zero-order chi connectivity index (χ0) is 5.98. The number of aromatic nitrogens is 2. The maximum Gasteiger partial charge on any atom is 0.103 e. The number of nitrogens with zero attached hydrogens (tertiary/aromatic N) is 1. The number of aromatic amines is 1. The van der Waals surface area contributed by atoms with Gasteiger partial charge in [0, 0.05) is 0 Å². The van der Waals surface area contributed by atoms with Crippen molar-refractivity contribution in [3.05, 3.63) is 24.3 Å². The molecule has 1 rings (SSSR count). The van der Waals surface area contributed by atoms with Crippen molar-refractivity contribution in [2.24, 2.45) is 0 Å². The van der Waals surface area contributed by atoms with E-state index in [9.17, 15) is 0 Å². The van der Waals surface area contributed by atoms with Gasteiger partial charge in [0.25, 0.3) is 0 Å². The van der Waals surface area contributed by atoms with Crippen molar-refractivity contribution in [1.82, 2.24) is 9.97 Å². The summed E-state index contributed by atoms with van der Waals surface area (Å²) in [6.45, 7) is 5.48. The van der Waals surface area contributed by atoms with Gasteiger partial charge in [0.2, 0.25) is 0 Å². The van der Waals surface area contributed by atoms with Gasteiger partial charge in [-0.3, -0.25) is 0 Å². The van der Waals surface area contributed by atoms with E-state index < -0.39 is 0 Å². The van der Waals surface area contributed by atoms with Crippen LogP contribution in [-0.2, 0) is 0 Å². The fourth-order valence-electron chi connectivity index (χ4n) is 0.544. The van der Waals surface area contributed by atoms with E-state index in [0.717, 1.165) is 11.5 Å². The first-order chi connectivity index (χ1) is 3.83. The van der Waals surface area contributed by atoms with E-state index in [0.29, 0.717) is 0 Å². The van der Waals surface area contributed by atoms with Crippen molar-refractivity contribution < 1.29 is 0 Å². The van der Waals surface area contributed by atoms with Crippen molar-refractivity contribution in [2.45, 2.75) is 21.8 Å². The molecule has 0 aliphatic heterocycles. The fraction of sp³-hybridized carbons (Fsp3) is 0.375. The average molecular weight is 140 g/mol. The highest BCUT2D eigenvalue weighted by Crippen LogP contribution is 1.94. The van der Waals surface area contributed by atoms with Crippen LogP contribution in [0, 0.1) is 6.92 Å². The zero-order valence-electron chi connectivity index (χ0n) is 4.81. The molecule has 0 amide bonds. The van der Waals surface area contributed by atoms with Crippen LogP contribution >= 0.6 is 0 Å². The van der Waals surface area contributed by atoms with Gasteiger partial charge in [-0.15, -0.1) is 0 Å². The van der Waals surface area contributed by atoms with E-state index in [1.165, 1.54) is 0 Å². The molecule has 2 heteroatoms. The lowest BCUT2D eigenvalue weighted by Gasteiger charge is -1.77. The average Bonchev–Trinajstić information content (AvgIpc) is 2.14. The zero-order valence-corrected chi connectivity index (χ0v) is 4.81. The molecule has 1 aromatic heterocycles. The molecule has 0 saturated heterocycles. The molecule has 1 N–H and O–H groups in total. The third-order valence-corrected chi connectivity index (χ3v) is 0.942. The number of rotatable bonds is 1. The van der Waals surface area contributed by atoms with Crippen LogP contribution in [0.1, 0.15) is 26.4 Å². The molecule has 0 fully saturated rings. The Morgan fingerprint density at radius 2 is 2.20 bits per heavy atom. The molecule has 1 aromatic rings. The van der Waals surface area contributed by atoms with E-state index in [2.05, 4.69) is 16.5 Å². The Bertz CT molecular complexity index is 189. The molecule has 0 bridgehead atoms. The minimum absolute atomic E-state index is 0. The Kier molecular flexibility index (Phi) is 5.61. The predicted octanol–water partition coefficient (Wildman–Crippen LogP) is 2.63. The van der Waals surface area contributed by atoms with E-state index in [1.807, 2.05) is 6.92 Å². The van der Waals surface area contributed by atoms with Crippen molar-refractivity contribution in [1.29, 1.82) is 0 Å². The summed E-state index contributed by atoms with van der Waals surface area (Å²) in [5.74, 6) is 0.930. The summed E-state index contributed by atoms with van der Waals surface area (Å²) in [5, 5.41) is 0. The number of nitrogens with one attached hydrogen (secondary N) is 1. The Labute approximate surface area is 63.0 Å². The summed E-state index contributed by atoms with van der Waals surface area (Å²) in [7, 11) is 0. The van der Waals surface area contributed by atoms with Gasteiger partial charge in [0.05, 0.1) is 11.9 Å². The molecule has 10 heavy (non-hydrogen) atoms. The number of aryl methyl sites for hydroxylation is 1. The van der Waals surface area contributed by atoms with Crippen molar-refractivity contribution in [3.8, 4) is 0 Å². The molecule has 0 aromatic carbocycles. The Balaban J connectivity index is 0. The normalized spacial score (nSPS) is 7.30. The topological polar surface area (TPSA) is 28.7 Å². The molecule has 0 radical (unpaired) electrons. The SMILES string of the molecule is C.C.C=Cc1cnc(C)[nH]1. The first-order valence-corrected chi connectivity index (χ1v) is 2.47.